The first-order valence-corrected chi connectivity index (χ1v) is 11.7. The normalized spacial score (nSPS) is 11.6. The Balaban J connectivity index is 1.87. The predicted molar refractivity (Wildman–Crippen MR) is 138 cm³/mol. The molecule has 0 bridgehead atoms. The van der Waals surface area contributed by atoms with Crippen LogP contribution in [0.2, 0.25) is 0 Å². The van der Waals surface area contributed by atoms with Crippen LogP contribution in [0.4, 0.5) is 0 Å². The number of ether oxygens (including phenoxy) is 1. The third-order valence-corrected chi connectivity index (χ3v) is 5.88. The van der Waals surface area contributed by atoms with E-state index < -0.39 is 0 Å². The highest BCUT2D eigenvalue weighted by molar-refractivity contribution is 6.10. The Labute approximate surface area is 205 Å². The third kappa shape index (κ3) is 5.32. The number of hydrogen-bond acceptors (Lipinski definition) is 4. The van der Waals surface area contributed by atoms with Crippen molar-refractivity contribution in [3.63, 3.8) is 0 Å². The Hall–Kier alpha value is -4.19. The summed E-state index contributed by atoms with van der Waals surface area (Å²) in [5, 5.41) is 3.85. The average molecular weight is 468 g/mol. The molecule has 35 heavy (non-hydrogen) atoms. The molecule has 0 fully saturated rings. The maximum atomic E-state index is 13.9. The Morgan fingerprint density at radius 1 is 0.914 bits per heavy atom. The van der Waals surface area contributed by atoms with E-state index in [1.165, 1.54) is 4.90 Å². The molecule has 4 rings (SSSR count). The minimum atomic E-state index is -0.274. The molecule has 0 aliphatic rings. The Bertz CT molecular complexity index is 1320. The van der Waals surface area contributed by atoms with Gasteiger partial charge < -0.3 is 15.0 Å². The van der Waals surface area contributed by atoms with Crippen molar-refractivity contribution in [3.05, 3.63) is 96.1 Å². The maximum Gasteiger partial charge on any atom is 0.259 e. The van der Waals surface area contributed by atoms with Gasteiger partial charge in [-0.25, -0.2) is 4.98 Å². The number of rotatable bonds is 8. The molecule has 6 heteroatoms. The van der Waals surface area contributed by atoms with Crippen LogP contribution in [0.15, 0.2) is 84.9 Å². The van der Waals surface area contributed by atoms with Crippen LogP contribution in [-0.2, 0) is 4.79 Å². The standard InChI is InChI=1S/C29H29N3O3/c1-4-23(20-13-7-5-8-14-20)31-29(34)26-22-17-11-12-18-24(22)30-27(21-15-9-6-10-16-21)28(26)35-19-25(33)32(2)3/h5-18,23H,4,19H2,1-3H3,(H,31,34)/t23-/m1/s1. The van der Waals surface area contributed by atoms with Crippen molar-refractivity contribution in [1.82, 2.24) is 15.2 Å². The third-order valence-electron chi connectivity index (χ3n) is 5.88. The van der Waals surface area contributed by atoms with Crippen molar-refractivity contribution in [2.24, 2.45) is 0 Å². The summed E-state index contributed by atoms with van der Waals surface area (Å²) < 4.78 is 6.08. The van der Waals surface area contributed by atoms with Gasteiger partial charge in [-0.1, -0.05) is 85.8 Å². The SMILES string of the molecule is CC[C@@H](NC(=O)c1c(OCC(=O)N(C)C)c(-c2ccccc2)nc2ccccc12)c1ccccc1. The van der Waals surface area contributed by atoms with Crippen molar-refractivity contribution < 1.29 is 14.3 Å². The summed E-state index contributed by atoms with van der Waals surface area (Å²) >= 11 is 0. The van der Waals surface area contributed by atoms with Crippen LogP contribution >= 0.6 is 0 Å². The van der Waals surface area contributed by atoms with Gasteiger partial charge in [0.15, 0.2) is 12.4 Å². The van der Waals surface area contributed by atoms with E-state index in [-0.39, 0.29) is 24.5 Å². The van der Waals surface area contributed by atoms with Gasteiger partial charge in [-0.15, -0.1) is 0 Å². The van der Waals surface area contributed by atoms with Crippen LogP contribution in [0.5, 0.6) is 5.75 Å². The summed E-state index contributed by atoms with van der Waals surface area (Å²) in [6.07, 6.45) is 0.722. The summed E-state index contributed by atoms with van der Waals surface area (Å²) in [5.74, 6) is -0.187. The van der Waals surface area contributed by atoms with Crippen LogP contribution in [0.1, 0.15) is 35.3 Å². The molecule has 4 aromatic rings. The minimum absolute atomic E-state index is 0.174. The fraction of sp³-hybridized carbons (Fsp3) is 0.207. The number of fused-ring (bicyclic) bond motifs is 1. The predicted octanol–water partition coefficient (Wildman–Crippen LogP) is 5.25. The highest BCUT2D eigenvalue weighted by atomic mass is 16.5. The zero-order valence-electron chi connectivity index (χ0n) is 20.2. The van der Waals surface area contributed by atoms with Gasteiger partial charge in [0.25, 0.3) is 11.8 Å². The summed E-state index contributed by atoms with van der Waals surface area (Å²) in [6.45, 7) is 1.83. The number of carbonyl (C=O) groups excluding carboxylic acids is 2. The van der Waals surface area contributed by atoms with Gasteiger partial charge in [-0.3, -0.25) is 9.59 Å². The lowest BCUT2D eigenvalue weighted by molar-refractivity contribution is -0.130. The number of para-hydroxylation sites is 1. The molecule has 0 aliphatic carbocycles. The molecular weight excluding hydrogens is 438 g/mol. The van der Waals surface area contributed by atoms with Crippen molar-refractivity contribution in [3.8, 4) is 17.0 Å². The molecule has 0 aliphatic heterocycles. The van der Waals surface area contributed by atoms with E-state index in [1.54, 1.807) is 14.1 Å². The number of nitrogens with one attached hydrogen (secondary N) is 1. The van der Waals surface area contributed by atoms with Gasteiger partial charge in [0.1, 0.15) is 5.69 Å². The van der Waals surface area contributed by atoms with E-state index >= 15 is 0 Å². The molecular formula is C29H29N3O3. The topological polar surface area (TPSA) is 71.5 Å². The van der Waals surface area contributed by atoms with Gasteiger partial charge in [-0.2, -0.15) is 0 Å². The summed E-state index contributed by atoms with van der Waals surface area (Å²) in [6, 6.07) is 26.7. The first-order valence-electron chi connectivity index (χ1n) is 11.7. The molecule has 1 heterocycles. The lowest BCUT2D eigenvalue weighted by atomic mass is 10.00. The fourth-order valence-electron chi connectivity index (χ4n) is 3.95. The maximum absolute atomic E-state index is 13.9. The van der Waals surface area contributed by atoms with Gasteiger partial charge in [0.2, 0.25) is 0 Å². The summed E-state index contributed by atoms with van der Waals surface area (Å²) in [5.41, 5.74) is 3.39. The molecule has 1 aromatic heterocycles. The second-order valence-electron chi connectivity index (χ2n) is 8.47. The molecule has 0 radical (unpaired) electrons. The Morgan fingerprint density at radius 3 is 2.20 bits per heavy atom. The lowest BCUT2D eigenvalue weighted by Crippen LogP contribution is -2.30. The number of amides is 2. The van der Waals surface area contributed by atoms with Crippen LogP contribution in [-0.4, -0.2) is 42.4 Å². The number of nitrogens with zero attached hydrogens (tertiary/aromatic N) is 2. The molecule has 1 N–H and O–H groups in total. The molecule has 0 saturated heterocycles. The van der Waals surface area contributed by atoms with E-state index in [4.69, 9.17) is 9.72 Å². The van der Waals surface area contributed by atoms with Crippen molar-refractivity contribution in [2.75, 3.05) is 20.7 Å². The molecule has 178 valence electrons. The quantitative estimate of drug-likeness (QED) is 0.384. The van der Waals surface area contributed by atoms with E-state index in [0.717, 1.165) is 17.5 Å². The number of aromatic nitrogens is 1. The molecule has 3 aromatic carbocycles. The average Bonchev–Trinajstić information content (AvgIpc) is 2.90. The highest BCUT2D eigenvalue weighted by Crippen LogP contribution is 2.37. The van der Waals surface area contributed by atoms with Crippen molar-refractivity contribution >= 4 is 22.7 Å². The molecule has 0 saturated carbocycles. The molecule has 6 nitrogen and oxygen atoms in total. The lowest BCUT2D eigenvalue weighted by Gasteiger charge is -2.21. The van der Waals surface area contributed by atoms with E-state index in [0.29, 0.717) is 27.9 Å². The van der Waals surface area contributed by atoms with Crippen molar-refractivity contribution in [2.45, 2.75) is 19.4 Å². The molecule has 2 amide bonds. The number of benzene rings is 3. The van der Waals surface area contributed by atoms with E-state index in [9.17, 15) is 9.59 Å². The van der Waals surface area contributed by atoms with Crippen LogP contribution in [0.25, 0.3) is 22.2 Å². The van der Waals surface area contributed by atoms with E-state index in [1.807, 2.05) is 91.9 Å². The van der Waals surface area contributed by atoms with Gasteiger partial charge in [-0.05, 0) is 18.1 Å². The molecule has 0 spiro atoms. The van der Waals surface area contributed by atoms with Crippen LogP contribution in [0, 0.1) is 0 Å². The minimum Gasteiger partial charge on any atom is -0.481 e. The first-order chi connectivity index (χ1) is 17.0. The summed E-state index contributed by atoms with van der Waals surface area (Å²) in [7, 11) is 3.34. The second-order valence-corrected chi connectivity index (χ2v) is 8.47. The largest absolute Gasteiger partial charge is 0.481 e. The molecule has 1 atom stereocenters. The number of likely N-dealkylation sites (N-methyl/N-ethyl adjacent to an activating group) is 1. The highest BCUT2D eigenvalue weighted by Gasteiger charge is 2.25. The number of hydrogen-bond donors (Lipinski definition) is 1. The van der Waals surface area contributed by atoms with Crippen molar-refractivity contribution in [1.29, 1.82) is 0 Å². The van der Waals surface area contributed by atoms with Gasteiger partial charge >= 0.3 is 0 Å². The van der Waals surface area contributed by atoms with Crippen LogP contribution in [0.3, 0.4) is 0 Å². The molecule has 0 unspecified atom stereocenters. The number of carbonyl (C=O) groups is 2. The zero-order chi connectivity index (χ0) is 24.8. The smallest absolute Gasteiger partial charge is 0.259 e. The second kappa shape index (κ2) is 10.8. The van der Waals surface area contributed by atoms with Gasteiger partial charge in [0.05, 0.1) is 17.1 Å². The monoisotopic (exact) mass is 467 g/mol. The van der Waals surface area contributed by atoms with E-state index in [2.05, 4.69) is 5.32 Å². The van der Waals surface area contributed by atoms with Crippen LogP contribution < -0.4 is 10.1 Å². The fourth-order valence-corrected chi connectivity index (χ4v) is 3.95. The zero-order valence-corrected chi connectivity index (χ0v) is 20.2. The summed E-state index contributed by atoms with van der Waals surface area (Å²) in [4.78, 5) is 32.6. The van der Waals surface area contributed by atoms with Gasteiger partial charge in [0, 0.05) is 25.0 Å². The first kappa shape index (κ1) is 24.0. The number of pyridine rings is 1. The Morgan fingerprint density at radius 2 is 1.54 bits per heavy atom. The Kier molecular flexibility index (Phi) is 7.41.